The number of carbonyl (C=O) groups is 1. The lowest BCUT2D eigenvalue weighted by molar-refractivity contribution is 0.0793. The molecule has 7 heteroatoms. The third kappa shape index (κ3) is 3.03. The topological polar surface area (TPSA) is 68.8 Å². The largest absolute Gasteiger partial charge is 0.497 e. The molecule has 30 heavy (non-hydrogen) atoms. The van der Waals surface area contributed by atoms with Gasteiger partial charge in [0.1, 0.15) is 11.3 Å². The van der Waals surface area contributed by atoms with E-state index < -0.39 is 0 Å². The Hall–Kier alpha value is -3.61. The molecule has 1 amide bonds. The van der Waals surface area contributed by atoms with Crippen molar-refractivity contribution in [2.45, 2.75) is 19.4 Å². The van der Waals surface area contributed by atoms with Crippen LogP contribution in [0.1, 0.15) is 28.8 Å². The third-order valence-electron chi connectivity index (χ3n) is 5.72. The summed E-state index contributed by atoms with van der Waals surface area (Å²) in [4.78, 5) is 28.1. The van der Waals surface area contributed by atoms with Gasteiger partial charge in [0.15, 0.2) is 0 Å². The zero-order chi connectivity index (χ0) is 20.7. The molecule has 0 spiro atoms. The molecule has 0 radical (unpaired) electrons. The minimum atomic E-state index is -0.145. The van der Waals surface area contributed by atoms with Crippen molar-refractivity contribution in [1.29, 1.82) is 0 Å². The maximum absolute atomic E-state index is 13.3. The molecule has 4 aromatic rings. The van der Waals surface area contributed by atoms with Gasteiger partial charge in [0.25, 0.3) is 11.5 Å². The van der Waals surface area contributed by atoms with E-state index in [1.807, 2.05) is 47.4 Å². The summed E-state index contributed by atoms with van der Waals surface area (Å²) in [6, 6.07) is 14.9. The first-order valence-corrected chi connectivity index (χ1v) is 10.1. The molecule has 0 saturated carbocycles. The summed E-state index contributed by atoms with van der Waals surface area (Å²) in [6.07, 6.45) is 3.69. The van der Waals surface area contributed by atoms with Gasteiger partial charge in [-0.1, -0.05) is 12.1 Å². The number of likely N-dealkylation sites (tertiary alicyclic amines) is 1. The molecule has 2 aromatic carbocycles. The van der Waals surface area contributed by atoms with Crippen LogP contribution in [0.3, 0.4) is 0 Å². The SMILES string of the molecule is COc1cccc(Cn2c(=O)c3ccnn3c3ccc(C(=O)N4CCCC4)cc32)c1. The van der Waals surface area contributed by atoms with E-state index >= 15 is 0 Å². The van der Waals surface area contributed by atoms with Crippen molar-refractivity contribution < 1.29 is 9.53 Å². The Morgan fingerprint density at radius 1 is 1.03 bits per heavy atom. The Bertz CT molecular complexity index is 1320. The molecule has 152 valence electrons. The highest BCUT2D eigenvalue weighted by Gasteiger charge is 2.21. The first kappa shape index (κ1) is 18.4. The number of carbonyl (C=O) groups excluding carboxylic acids is 1. The fourth-order valence-electron chi connectivity index (χ4n) is 4.17. The number of hydrogen-bond acceptors (Lipinski definition) is 4. The lowest BCUT2D eigenvalue weighted by atomic mass is 10.1. The van der Waals surface area contributed by atoms with E-state index in [1.54, 1.807) is 28.5 Å². The zero-order valence-electron chi connectivity index (χ0n) is 16.7. The van der Waals surface area contributed by atoms with E-state index in [4.69, 9.17) is 4.74 Å². The number of benzene rings is 2. The van der Waals surface area contributed by atoms with E-state index in [1.165, 1.54) is 0 Å². The third-order valence-corrected chi connectivity index (χ3v) is 5.72. The highest BCUT2D eigenvalue weighted by Crippen LogP contribution is 2.21. The molecule has 1 aliphatic rings. The zero-order valence-corrected chi connectivity index (χ0v) is 16.7. The summed E-state index contributed by atoms with van der Waals surface area (Å²) in [5.41, 5.74) is 3.37. The quantitative estimate of drug-likeness (QED) is 0.526. The Labute approximate surface area is 173 Å². The van der Waals surface area contributed by atoms with Gasteiger partial charge < -0.3 is 14.2 Å². The van der Waals surface area contributed by atoms with Gasteiger partial charge in [-0.15, -0.1) is 0 Å². The first-order chi connectivity index (χ1) is 14.7. The number of aromatic nitrogens is 3. The average Bonchev–Trinajstić information content (AvgIpc) is 3.48. The van der Waals surface area contributed by atoms with E-state index in [0.717, 1.165) is 42.8 Å². The molecule has 7 nitrogen and oxygen atoms in total. The predicted octanol–water partition coefficient (Wildman–Crippen LogP) is 2.94. The van der Waals surface area contributed by atoms with Gasteiger partial charge in [-0.25, -0.2) is 4.52 Å². The minimum absolute atomic E-state index is 0.00958. The molecule has 0 atom stereocenters. The second-order valence-electron chi connectivity index (χ2n) is 7.57. The number of nitrogens with zero attached hydrogens (tertiary/aromatic N) is 4. The van der Waals surface area contributed by atoms with Crippen LogP contribution in [0, 0.1) is 0 Å². The highest BCUT2D eigenvalue weighted by atomic mass is 16.5. The van der Waals surface area contributed by atoms with Crippen LogP contribution in [-0.4, -0.2) is 45.2 Å². The molecule has 0 aliphatic carbocycles. The molecule has 0 N–H and O–H groups in total. The fourth-order valence-corrected chi connectivity index (χ4v) is 4.17. The minimum Gasteiger partial charge on any atom is -0.497 e. The smallest absolute Gasteiger partial charge is 0.277 e. The van der Waals surface area contributed by atoms with Gasteiger partial charge in [-0.05, 0) is 54.8 Å². The number of amides is 1. The second-order valence-corrected chi connectivity index (χ2v) is 7.57. The van der Waals surface area contributed by atoms with Crippen molar-refractivity contribution in [3.05, 3.63) is 76.2 Å². The molecular weight excluding hydrogens is 380 g/mol. The van der Waals surface area contributed by atoms with Crippen LogP contribution >= 0.6 is 0 Å². The van der Waals surface area contributed by atoms with Crippen molar-refractivity contribution in [2.24, 2.45) is 0 Å². The lowest BCUT2D eigenvalue weighted by Crippen LogP contribution is -2.28. The number of hydrogen-bond donors (Lipinski definition) is 0. The van der Waals surface area contributed by atoms with Crippen LogP contribution < -0.4 is 10.3 Å². The van der Waals surface area contributed by atoms with Crippen LogP contribution in [-0.2, 0) is 6.54 Å². The van der Waals surface area contributed by atoms with Gasteiger partial charge in [0.05, 0.1) is 30.9 Å². The van der Waals surface area contributed by atoms with E-state index in [0.29, 0.717) is 23.1 Å². The van der Waals surface area contributed by atoms with E-state index in [-0.39, 0.29) is 11.5 Å². The summed E-state index contributed by atoms with van der Waals surface area (Å²) in [7, 11) is 1.62. The van der Waals surface area contributed by atoms with Gasteiger partial charge in [0, 0.05) is 18.7 Å². The molecule has 5 rings (SSSR count). The van der Waals surface area contributed by atoms with Gasteiger partial charge in [-0.2, -0.15) is 5.10 Å². The van der Waals surface area contributed by atoms with Gasteiger partial charge in [-0.3, -0.25) is 9.59 Å². The number of rotatable bonds is 4. The summed E-state index contributed by atoms with van der Waals surface area (Å²) in [5.74, 6) is 0.746. The van der Waals surface area contributed by atoms with Gasteiger partial charge >= 0.3 is 0 Å². The van der Waals surface area contributed by atoms with Crippen molar-refractivity contribution >= 4 is 22.5 Å². The summed E-state index contributed by atoms with van der Waals surface area (Å²) in [5, 5.41) is 4.32. The van der Waals surface area contributed by atoms with Gasteiger partial charge in [0.2, 0.25) is 0 Å². The number of methoxy groups -OCH3 is 1. The maximum atomic E-state index is 13.3. The highest BCUT2D eigenvalue weighted by molar-refractivity contribution is 5.97. The first-order valence-electron chi connectivity index (χ1n) is 10.1. The van der Waals surface area contributed by atoms with E-state index in [2.05, 4.69) is 5.10 Å². The standard InChI is InChI=1S/C23H22N4O3/c1-30-18-6-4-5-16(13-18)15-26-21-14-17(22(28)25-11-2-3-12-25)7-8-19(21)27-20(23(26)29)9-10-24-27/h4-10,13-14H,2-3,11-12,15H2,1H3. The van der Waals surface area contributed by atoms with Crippen LogP contribution in [0.15, 0.2) is 59.5 Å². The molecule has 1 saturated heterocycles. The van der Waals surface area contributed by atoms with Crippen LogP contribution in [0.25, 0.3) is 16.6 Å². The normalized spacial score (nSPS) is 14.0. The summed E-state index contributed by atoms with van der Waals surface area (Å²) < 4.78 is 8.68. The molecule has 2 aromatic heterocycles. The van der Waals surface area contributed by atoms with Crippen LogP contribution in [0.5, 0.6) is 5.75 Å². The van der Waals surface area contributed by atoms with Crippen molar-refractivity contribution in [1.82, 2.24) is 19.1 Å². The Balaban J connectivity index is 1.69. The molecule has 3 heterocycles. The predicted molar refractivity (Wildman–Crippen MR) is 114 cm³/mol. The van der Waals surface area contributed by atoms with Crippen molar-refractivity contribution in [3.63, 3.8) is 0 Å². The monoisotopic (exact) mass is 402 g/mol. The summed E-state index contributed by atoms with van der Waals surface area (Å²) >= 11 is 0. The molecule has 1 fully saturated rings. The van der Waals surface area contributed by atoms with E-state index in [9.17, 15) is 9.59 Å². The second kappa shape index (κ2) is 7.33. The summed E-state index contributed by atoms with van der Waals surface area (Å²) in [6.45, 7) is 1.94. The van der Waals surface area contributed by atoms with Crippen LogP contribution in [0.4, 0.5) is 0 Å². The Kier molecular flexibility index (Phi) is 4.50. The maximum Gasteiger partial charge on any atom is 0.277 e. The molecule has 0 bridgehead atoms. The molecule has 0 unspecified atom stereocenters. The van der Waals surface area contributed by atoms with Crippen LogP contribution in [0.2, 0.25) is 0 Å². The lowest BCUT2D eigenvalue weighted by Gasteiger charge is -2.17. The fraction of sp³-hybridized carbons (Fsp3) is 0.261. The van der Waals surface area contributed by atoms with Crippen molar-refractivity contribution in [3.8, 4) is 5.75 Å². The number of ether oxygens (including phenoxy) is 1. The molecular formula is C23H22N4O3. The number of fused-ring (bicyclic) bond motifs is 3. The average molecular weight is 402 g/mol. The van der Waals surface area contributed by atoms with Crippen molar-refractivity contribution in [2.75, 3.05) is 20.2 Å². The Morgan fingerprint density at radius 2 is 1.87 bits per heavy atom. The Morgan fingerprint density at radius 3 is 2.67 bits per heavy atom. The molecule has 1 aliphatic heterocycles.